The lowest BCUT2D eigenvalue weighted by molar-refractivity contribution is 0.282. The van der Waals surface area contributed by atoms with E-state index in [4.69, 9.17) is 0 Å². The zero-order chi connectivity index (χ0) is 12.5. The summed E-state index contributed by atoms with van der Waals surface area (Å²) in [4.78, 5) is 4.41. The van der Waals surface area contributed by atoms with E-state index in [0.717, 1.165) is 22.3 Å². The monoisotopic (exact) mass is 238 g/mol. The summed E-state index contributed by atoms with van der Waals surface area (Å²) in [6, 6.07) is 14.1. The lowest BCUT2D eigenvalue weighted by Crippen LogP contribution is -1.93. The Morgan fingerprint density at radius 3 is 2.89 bits per heavy atom. The summed E-state index contributed by atoms with van der Waals surface area (Å²) in [6.07, 6.45) is 1.82. The summed E-state index contributed by atoms with van der Waals surface area (Å²) in [7, 11) is 0. The Kier molecular flexibility index (Phi) is 2.61. The predicted molar refractivity (Wildman–Crippen MR) is 71.7 cm³/mol. The molecule has 0 aliphatic rings. The number of hydrogen-bond acceptors (Lipinski definition) is 2. The van der Waals surface area contributed by atoms with Crippen molar-refractivity contribution >= 4 is 11.0 Å². The van der Waals surface area contributed by atoms with Gasteiger partial charge in [0.05, 0.1) is 17.6 Å². The molecule has 3 nitrogen and oxygen atoms in total. The maximum atomic E-state index is 9.18. The van der Waals surface area contributed by atoms with Gasteiger partial charge in [-0.25, -0.2) is 4.98 Å². The molecule has 0 saturated heterocycles. The molecule has 0 bridgehead atoms. The summed E-state index contributed by atoms with van der Waals surface area (Å²) < 4.78 is 2.04. The third-order valence-corrected chi connectivity index (χ3v) is 3.07. The summed E-state index contributed by atoms with van der Waals surface area (Å²) in [5, 5.41) is 9.18. The molecule has 3 heteroatoms. The van der Waals surface area contributed by atoms with Crippen LogP contribution in [-0.4, -0.2) is 14.7 Å². The van der Waals surface area contributed by atoms with Gasteiger partial charge in [0.2, 0.25) is 0 Å². The molecule has 3 rings (SSSR count). The van der Waals surface area contributed by atoms with E-state index >= 15 is 0 Å². The number of aryl methyl sites for hydroxylation is 1. The minimum Gasteiger partial charge on any atom is -0.392 e. The second-order valence-corrected chi connectivity index (χ2v) is 4.43. The molecular formula is C15H14N2O. The first-order valence-corrected chi connectivity index (χ1v) is 5.92. The standard InChI is InChI=1S/C15H14N2O/c1-11-5-6-15-14(7-11)16-10-17(15)13-4-2-3-12(8-13)9-18/h2-8,10,18H,9H2,1H3. The lowest BCUT2D eigenvalue weighted by atomic mass is 10.2. The van der Waals surface area contributed by atoms with Gasteiger partial charge < -0.3 is 5.11 Å². The van der Waals surface area contributed by atoms with Crippen LogP contribution in [0.25, 0.3) is 16.7 Å². The molecule has 1 heterocycles. The average Bonchev–Trinajstić information content (AvgIpc) is 2.81. The van der Waals surface area contributed by atoms with Crippen LogP contribution in [-0.2, 0) is 6.61 Å². The highest BCUT2D eigenvalue weighted by molar-refractivity contribution is 5.78. The number of fused-ring (bicyclic) bond motifs is 1. The molecule has 0 radical (unpaired) electrons. The summed E-state index contributed by atoms with van der Waals surface area (Å²) >= 11 is 0. The normalized spacial score (nSPS) is 11.0. The van der Waals surface area contributed by atoms with Crippen molar-refractivity contribution < 1.29 is 5.11 Å². The third kappa shape index (κ3) is 1.79. The second-order valence-electron chi connectivity index (χ2n) is 4.43. The Hall–Kier alpha value is -2.13. The summed E-state index contributed by atoms with van der Waals surface area (Å²) in [6.45, 7) is 2.12. The molecule has 18 heavy (non-hydrogen) atoms. The fraction of sp³-hybridized carbons (Fsp3) is 0.133. The zero-order valence-electron chi connectivity index (χ0n) is 10.2. The number of aliphatic hydroxyl groups is 1. The molecule has 0 atom stereocenters. The van der Waals surface area contributed by atoms with E-state index < -0.39 is 0 Å². The number of aliphatic hydroxyl groups excluding tert-OH is 1. The van der Waals surface area contributed by atoms with Crippen LogP contribution in [0.2, 0.25) is 0 Å². The fourth-order valence-electron chi connectivity index (χ4n) is 2.13. The van der Waals surface area contributed by atoms with E-state index in [1.54, 1.807) is 0 Å². The molecule has 0 fully saturated rings. The van der Waals surface area contributed by atoms with Crippen molar-refractivity contribution in [1.29, 1.82) is 0 Å². The maximum absolute atomic E-state index is 9.18. The van der Waals surface area contributed by atoms with E-state index in [1.807, 2.05) is 35.2 Å². The van der Waals surface area contributed by atoms with Gasteiger partial charge in [-0.15, -0.1) is 0 Å². The van der Waals surface area contributed by atoms with Crippen molar-refractivity contribution in [1.82, 2.24) is 9.55 Å². The Bertz CT molecular complexity index is 701. The second kappa shape index (κ2) is 4.27. The smallest absolute Gasteiger partial charge is 0.100 e. The first-order valence-electron chi connectivity index (χ1n) is 5.92. The molecule has 90 valence electrons. The average molecular weight is 238 g/mol. The van der Waals surface area contributed by atoms with Gasteiger partial charge in [-0.1, -0.05) is 18.2 Å². The molecule has 1 N–H and O–H groups in total. The van der Waals surface area contributed by atoms with Gasteiger partial charge >= 0.3 is 0 Å². The first-order chi connectivity index (χ1) is 8.78. The molecule has 0 unspecified atom stereocenters. The predicted octanol–water partition coefficient (Wildman–Crippen LogP) is 2.83. The molecule has 0 amide bonds. The van der Waals surface area contributed by atoms with Crippen molar-refractivity contribution in [3.63, 3.8) is 0 Å². The number of aromatic nitrogens is 2. The molecule has 2 aromatic carbocycles. The molecule has 0 aliphatic heterocycles. The number of imidazole rings is 1. The van der Waals surface area contributed by atoms with E-state index in [2.05, 4.69) is 30.1 Å². The van der Waals surface area contributed by atoms with Crippen LogP contribution in [0.3, 0.4) is 0 Å². The van der Waals surface area contributed by atoms with Gasteiger partial charge in [0, 0.05) is 5.69 Å². The highest BCUT2D eigenvalue weighted by atomic mass is 16.3. The number of rotatable bonds is 2. The number of nitrogens with zero attached hydrogens (tertiary/aromatic N) is 2. The largest absolute Gasteiger partial charge is 0.392 e. The topological polar surface area (TPSA) is 38.0 Å². The van der Waals surface area contributed by atoms with Crippen LogP contribution in [0.15, 0.2) is 48.8 Å². The maximum Gasteiger partial charge on any atom is 0.100 e. The van der Waals surface area contributed by atoms with Gasteiger partial charge in [0.1, 0.15) is 6.33 Å². The molecule has 3 aromatic rings. The number of benzene rings is 2. The van der Waals surface area contributed by atoms with Crippen LogP contribution >= 0.6 is 0 Å². The molecule has 0 spiro atoms. The van der Waals surface area contributed by atoms with Gasteiger partial charge in [-0.3, -0.25) is 4.57 Å². The highest BCUT2D eigenvalue weighted by Crippen LogP contribution is 2.19. The van der Waals surface area contributed by atoms with Crippen LogP contribution in [0, 0.1) is 6.92 Å². The zero-order valence-corrected chi connectivity index (χ0v) is 10.2. The van der Waals surface area contributed by atoms with Crippen molar-refractivity contribution in [2.24, 2.45) is 0 Å². The minimum absolute atomic E-state index is 0.0551. The van der Waals surface area contributed by atoms with Crippen molar-refractivity contribution in [3.8, 4) is 5.69 Å². The summed E-state index contributed by atoms with van der Waals surface area (Å²) in [5.74, 6) is 0. The van der Waals surface area contributed by atoms with Crippen LogP contribution < -0.4 is 0 Å². The number of hydrogen-bond donors (Lipinski definition) is 1. The van der Waals surface area contributed by atoms with Gasteiger partial charge in [0.15, 0.2) is 0 Å². The molecule has 0 saturated carbocycles. The Balaban J connectivity index is 2.19. The van der Waals surface area contributed by atoms with Crippen LogP contribution in [0.4, 0.5) is 0 Å². The van der Waals surface area contributed by atoms with Crippen molar-refractivity contribution in [2.75, 3.05) is 0 Å². The van der Waals surface area contributed by atoms with Crippen LogP contribution in [0.5, 0.6) is 0 Å². The fourth-order valence-corrected chi connectivity index (χ4v) is 2.13. The van der Waals surface area contributed by atoms with E-state index in [9.17, 15) is 5.11 Å². The molecular weight excluding hydrogens is 224 g/mol. The SMILES string of the molecule is Cc1ccc2c(c1)ncn2-c1cccc(CO)c1. The highest BCUT2D eigenvalue weighted by Gasteiger charge is 2.04. The first kappa shape index (κ1) is 11.0. The van der Waals surface area contributed by atoms with Crippen molar-refractivity contribution in [3.05, 3.63) is 59.9 Å². The quantitative estimate of drug-likeness (QED) is 0.745. The van der Waals surface area contributed by atoms with Crippen LogP contribution in [0.1, 0.15) is 11.1 Å². The van der Waals surface area contributed by atoms with E-state index in [0.29, 0.717) is 0 Å². The lowest BCUT2D eigenvalue weighted by Gasteiger charge is -2.06. The third-order valence-electron chi connectivity index (χ3n) is 3.07. The Morgan fingerprint density at radius 1 is 1.17 bits per heavy atom. The Labute approximate surface area is 105 Å². The van der Waals surface area contributed by atoms with Crippen molar-refractivity contribution in [2.45, 2.75) is 13.5 Å². The van der Waals surface area contributed by atoms with E-state index in [1.165, 1.54) is 5.56 Å². The van der Waals surface area contributed by atoms with Gasteiger partial charge in [-0.2, -0.15) is 0 Å². The summed E-state index contributed by atoms with van der Waals surface area (Å²) in [5.41, 5.74) is 5.20. The van der Waals surface area contributed by atoms with E-state index in [-0.39, 0.29) is 6.61 Å². The molecule has 0 aliphatic carbocycles. The van der Waals surface area contributed by atoms with Gasteiger partial charge in [-0.05, 0) is 42.3 Å². The minimum atomic E-state index is 0.0551. The molecule has 1 aromatic heterocycles. The Morgan fingerprint density at radius 2 is 2.06 bits per heavy atom. The van der Waals surface area contributed by atoms with Gasteiger partial charge in [0.25, 0.3) is 0 Å².